The second kappa shape index (κ2) is 9.25. The molecule has 1 amide bonds. The van der Waals surface area contributed by atoms with Gasteiger partial charge in [-0.05, 0) is 53.5 Å². The third-order valence-corrected chi connectivity index (χ3v) is 5.18. The number of piperidine rings is 1. The van der Waals surface area contributed by atoms with E-state index in [0.29, 0.717) is 24.6 Å². The topological polar surface area (TPSA) is 93.9 Å². The first-order valence-electron chi connectivity index (χ1n) is 11.4. The number of pyridine rings is 1. The lowest BCUT2D eigenvalue weighted by molar-refractivity contribution is 0.0206. The summed E-state index contributed by atoms with van der Waals surface area (Å²) in [4.78, 5) is 27.9. The maximum Gasteiger partial charge on any atom is 0.410 e. The number of anilines is 1. The molecule has 1 N–H and O–H groups in total. The van der Waals surface area contributed by atoms with E-state index < -0.39 is 5.60 Å². The molecule has 0 spiro atoms. The molecule has 1 atom stereocenters. The Hall–Kier alpha value is -3.36. The summed E-state index contributed by atoms with van der Waals surface area (Å²) >= 11 is 0. The molecule has 3 aromatic heterocycles. The van der Waals surface area contributed by atoms with Crippen LogP contribution in [0.15, 0.2) is 36.9 Å². The summed E-state index contributed by atoms with van der Waals surface area (Å²) in [6.07, 6.45) is 8.80. The Morgan fingerprint density at radius 1 is 1.24 bits per heavy atom. The summed E-state index contributed by atoms with van der Waals surface area (Å²) in [6.45, 7) is 10.9. The van der Waals surface area contributed by atoms with Gasteiger partial charge in [-0.15, -0.1) is 0 Å². The van der Waals surface area contributed by atoms with Crippen LogP contribution in [0.3, 0.4) is 0 Å². The zero-order valence-corrected chi connectivity index (χ0v) is 19.9. The van der Waals surface area contributed by atoms with Gasteiger partial charge in [0, 0.05) is 31.4 Å². The monoisotopic (exact) mass is 452 g/mol. The number of fused-ring (bicyclic) bond motifs is 1. The summed E-state index contributed by atoms with van der Waals surface area (Å²) in [5, 5.41) is 3.44. The molecule has 0 bridgehead atoms. The Morgan fingerprint density at radius 3 is 2.82 bits per heavy atom. The second-order valence-corrected chi connectivity index (χ2v) is 9.60. The maximum atomic E-state index is 12.5. The summed E-state index contributed by atoms with van der Waals surface area (Å²) in [7, 11) is 0. The number of hydrogen-bond donors (Lipinski definition) is 1. The van der Waals surface area contributed by atoms with Gasteiger partial charge in [0.25, 0.3) is 0 Å². The number of nitrogens with zero attached hydrogens (tertiary/aromatic N) is 5. The molecule has 0 radical (unpaired) electrons. The fraction of sp³-hybridized carbons (Fsp3) is 0.500. The van der Waals surface area contributed by atoms with E-state index in [9.17, 15) is 4.79 Å². The van der Waals surface area contributed by atoms with E-state index in [0.717, 1.165) is 29.9 Å². The van der Waals surface area contributed by atoms with Crippen LogP contribution < -0.4 is 10.1 Å². The first-order valence-corrected chi connectivity index (χ1v) is 11.4. The zero-order valence-electron chi connectivity index (χ0n) is 19.9. The Bertz CT molecular complexity index is 1120. The van der Waals surface area contributed by atoms with Gasteiger partial charge in [-0.2, -0.15) is 0 Å². The van der Waals surface area contributed by atoms with Gasteiger partial charge in [0.15, 0.2) is 0 Å². The molecule has 9 nitrogen and oxygen atoms in total. The smallest absolute Gasteiger partial charge is 0.410 e. The van der Waals surface area contributed by atoms with Gasteiger partial charge in [0.05, 0.1) is 30.4 Å². The molecular weight excluding hydrogens is 420 g/mol. The van der Waals surface area contributed by atoms with Crippen LogP contribution >= 0.6 is 0 Å². The van der Waals surface area contributed by atoms with E-state index in [1.807, 2.05) is 57.3 Å². The van der Waals surface area contributed by atoms with Crippen LogP contribution in [-0.2, 0) is 4.74 Å². The molecule has 9 heteroatoms. The first-order chi connectivity index (χ1) is 15.7. The van der Waals surface area contributed by atoms with Gasteiger partial charge in [-0.3, -0.25) is 9.38 Å². The number of amides is 1. The van der Waals surface area contributed by atoms with Crippen molar-refractivity contribution in [2.75, 3.05) is 18.4 Å². The van der Waals surface area contributed by atoms with Crippen LogP contribution in [0.25, 0.3) is 17.0 Å². The number of carbonyl (C=O) groups is 1. The Morgan fingerprint density at radius 2 is 2.06 bits per heavy atom. The van der Waals surface area contributed by atoms with Crippen LogP contribution in [0.1, 0.15) is 47.5 Å². The molecule has 4 rings (SSSR count). The zero-order chi connectivity index (χ0) is 23.6. The van der Waals surface area contributed by atoms with Crippen molar-refractivity contribution < 1.29 is 14.3 Å². The fourth-order valence-corrected chi connectivity index (χ4v) is 3.85. The SMILES string of the molecule is CC(C)Oc1ccn2c(-c3cncc(NC4CCCN(C(=O)OC(C)(C)C)C4)n3)cnc2c1. The third kappa shape index (κ3) is 5.71. The quantitative estimate of drug-likeness (QED) is 0.613. The lowest BCUT2D eigenvalue weighted by Crippen LogP contribution is -2.47. The molecule has 0 saturated carbocycles. The van der Waals surface area contributed by atoms with Crippen LogP contribution in [0.4, 0.5) is 10.6 Å². The highest BCUT2D eigenvalue weighted by Gasteiger charge is 2.27. The second-order valence-electron chi connectivity index (χ2n) is 9.60. The minimum atomic E-state index is -0.507. The molecule has 4 heterocycles. The van der Waals surface area contributed by atoms with Gasteiger partial charge in [-0.25, -0.2) is 14.8 Å². The molecule has 0 aromatic carbocycles. The van der Waals surface area contributed by atoms with E-state index in [-0.39, 0.29) is 18.2 Å². The minimum Gasteiger partial charge on any atom is -0.491 e. The molecule has 3 aromatic rings. The highest BCUT2D eigenvalue weighted by molar-refractivity contribution is 5.68. The van der Waals surface area contributed by atoms with Gasteiger partial charge >= 0.3 is 6.09 Å². The predicted octanol–water partition coefficient (Wildman–Crippen LogP) is 4.39. The highest BCUT2D eigenvalue weighted by Crippen LogP contribution is 2.24. The Balaban J connectivity index is 1.48. The van der Waals surface area contributed by atoms with Crippen molar-refractivity contribution in [2.24, 2.45) is 0 Å². The Kier molecular flexibility index (Phi) is 6.40. The maximum absolute atomic E-state index is 12.5. The van der Waals surface area contributed by atoms with E-state index in [4.69, 9.17) is 14.5 Å². The number of imidazole rings is 1. The van der Waals surface area contributed by atoms with E-state index in [2.05, 4.69) is 15.3 Å². The lowest BCUT2D eigenvalue weighted by Gasteiger charge is -2.34. The number of carbonyl (C=O) groups excluding carboxylic acids is 1. The molecule has 1 unspecified atom stereocenters. The van der Waals surface area contributed by atoms with Crippen LogP contribution in [0, 0.1) is 0 Å². The summed E-state index contributed by atoms with van der Waals surface area (Å²) in [6, 6.07) is 3.90. The molecular formula is C24H32N6O3. The van der Waals surface area contributed by atoms with Crippen LogP contribution in [0.2, 0.25) is 0 Å². The molecule has 1 aliphatic heterocycles. The number of likely N-dealkylation sites (tertiary alicyclic amines) is 1. The van der Waals surface area contributed by atoms with E-state index in [1.165, 1.54) is 0 Å². The largest absolute Gasteiger partial charge is 0.491 e. The van der Waals surface area contributed by atoms with Crippen molar-refractivity contribution in [3.05, 3.63) is 36.9 Å². The van der Waals surface area contributed by atoms with Crippen molar-refractivity contribution in [2.45, 2.75) is 65.2 Å². The first kappa shape index (κ1) is 22.8. The number of hydrogen-bond acceptors (Lipinski definition) is 7. The van der Waals surface area contributed by atoms with E-state index >= 15 is 0 Å². The van der Waals surface area contributed by atoms with Crippen molar-refractivity contribution in [3.8, 4) is 17.1 Å². The molecule has 33 heavy (non-hydrogen) atoms. The van der Waals surface area contributed by atoms with Gasteiger partial charge in [0.1, 0.15) is 28.5 Å². The summed E-state index contributed by atoms with van der Waals surface area (Å²) in [5.74, 6) is 1.45. The minimum absolute atomic E-state index is 0.0775. The average molecular weight is 453 g/mol. The predicted molar refractivity (Wildman–Crippen MR) is 126 cm³/mol. The van der Waals surface area contributed by atoms with Crippen molar-refractivity contribution in [3.63, 3.8) is 0 Å². The van der Waals surface area contributed by atoms with Gasteiger partial charge < -0.3 is 19.7 Å². The number of ether oxygens (including phenoxy) is 2. The Labute approximate surface area is 194 Å². The third-order valence-electron chi connectivity index (χ3n) is 5.18. The van der Waals surface area contributed by atoms with Gasteiger partial charge in [0.2, 0.25) is 0 Å². The van der Waals surface area contributed by atoms with Gasteiger partial charge in [-0.1, -0.05) is 0 Å². The molecule has 1 aliphatic rings. The number of rotatable bonds is 5. The molecule has 0 aliphatic carbocycles. The number of aromatic nitrogens is 4. The van der Waals surface area contributed by atoms with Crippen LogP contribution in [-0.4, -0.2) is 61.2 Å². The molecule has 1 fully saturated rings. The normalized spacial score (nSPS) is 16.8. The van der Waals surface area contributed by atoms with Crippen molar-refractivity contribution in [1.82, 2.24) is 24.3 Å². The fourth-order valence-electron chi connectivity index (χ4n) is 3.85. The standard InChI is InChI=1S/C24H32N6O3/c1-16(2)32-18-8-10-30-20(13-26-22(30)11-18)19-12-25-14-21(28-19)27-17-7-6-9-29(15-17)23(31)33-24(3,4)5/h8,10-14,16-17H,6-7,9,15H2,1-5H3,(H,27,28). The molecule has 176 valence electrons. The summed E-state index contributed by atoms with van der Waals surface area (Å²) in [5.41, 5.74) is 1.83. The lowest BCUT2D eigenvalue weighted by atomic mass is 10.1. The average Bonchev–Trinajstić information content (AvgIpc) is 3.16. The van der Waals surface area contributed by atoms with Crippen LogP contribution in [0.5, 0.6) is 5.75 Å². The highest BCUT2D eigenvalue weighted by atomic mass is 16.6. The summed E-state index contributed by atoms with van der Waals surface area (Å²) < 4.78 is 13.3. The molecule has 1 saturated heterocycles. The number of nitrogens with one attached hydrogen (secondary N) is 1. The van der Waals surface area contributed by atoms with Crippen molar-refractivity contribution >= 4 is 17.6 Å². The van der Waals surface area contributed by atoms with E-state index in [1.54, 1.807) is 23.5 Å². The van der Waals surface area contributed by atoms with Crippen molar-refractivity contribution in [1.29, 1.82) is 0 Å².